The van der Waals surface area contributed by atoms with E-state index in [1.54, 1.807) is 36.1 Å². The first-order valence-electron chi connectivity index (χ1n) is 5.42. The maximum atomic E-state index is 12.1. The predicted molar refractivity (Wildman–Crippen MR) is 75.8 cm³/mol. The van der Waals surface area contributed by atoms with E-state index in [0.717, 1.165) is 0 Å². The first-order chi connectivity index (χ1) is 8.88. The lowest BCUT2D eigenvalue weighted by Crippen LogP contribution is -2.24. The van der Waals surface area contributed by atoms with Crippen molar-refractivity contribution >= 4 is 31.6 Å². The Morgan fingerprint density at radius 1 is 1.42 bits per heavy atom. The van der Waals surface area contributed by atoms with E-state index < -0.39 is 10.0 Å². The Labute approximate surface area is 119 Å². The summed E-state index contributed by atoms with van der Waals surface area (Å²) >= 11 is 3.19. The van der Waals surface area contributed by atoms with Crippen LogP contribution in [-0.2, 0) is 23.6 Å². The van der Waals surface area contributed by atoms with Gasteiger partial charge in [0.05, 0.1) is 17.1 Å². The number of hydrogen-bond donors (Lipinski definition) is 2. The smallest absolute Gasteiger partial charge is 0.242 e. The van der Waals surface area contributed by atoms with Crippen molar-refractivity contribution in [3.8, 4) is 0 Å². The van der Waals surface area contributed by atoms with Gasteiger partial charge < -0.3 is 5.73 Å². The molecule has 102 valence electrons. The van der Waals surface area contributed by atoms with Gasteiger partial charge in [-0.1, -0.05) is 0 Å². The third-order valence-electron chi connectivity index (χ3n) is 2.46. The van der Waals surface area contributed by atoms with Gasteiger partial charge in [0.2, 0.25) is 10.0 Å². The van der Waals surface area contributed by atoms with Gasteiger partial charge in [-0.2, -0.15) is 5.10 Å². The number of aryl methyl sites for hydroxylation is 1. The third kappa shape index (κ3) is 3.34. The maximum absolute atomic E-state index is 12.1. The minimum absolute atomic E-state index is 0.139. The van der Waals surface area contributed by atoms with Crippen LogP contribution in [0.4, 0.5) is 5.69 Å². The average molecular weight is 345 g/mol. The van der Waals surface area contributed by atoms with Gasteiger partial charge in [0.1, 0.15) is 0 Å². The number of nitrogens with zero attached hydrogens (tertiary/aromatic N) is 2. The standard InChI is InChI=1S/C11H13BrN4O2S/c1-16-5-4-9(15-16)7-14-19(17,18)11-3-2-8(13)6-10(11)12/h2-6,14H,7,13H2,1H3. The molecule has 2 aromatic rings. The van der Waals surface area contributed by atoms with Gasteiger partial charge in [0.25, 0.3) is 0 Å². The highest BCUT2D eigenvalue weighted by Gasteiger charge is 2.17. The van der Waals surface area contributed by atoms with Crippen molar-refractivity contribution in [1.82, 2.24) is 14.5 Å². The molecule has 6 nitrogen and oxygen atoms in total. The van der Waals surface area contributed by atoms with Gasteiger partial charge in [0, 0.05) is 23.4 Å². The first kappa shape index (κ1) is 14.0. The summed E-state index contributed by atoms with van der Waals surface area (Å²) in [4.78, 5) is 0.151. The summed E-state index contributed by atoms with van der Waals surface area (Å²) < 4.78 is 28.8. The molecule has 0 radical (unpaired) electrons. The zero-order valence-electron chi connectivity index (χ0n) is 10.2. The van der Waals surface area contributed by atoms with Crippen LogP contribution in [0, 0.1) is 0 Å². The number of nitrogens with two attached hydrogens (primary N) is 1. The summed E-state index contributed by atoms with van der Waals surface area (Å²) in [6, 6.07) is 6.30. The zero-order chi connectivity index (χ0) is 14.0. The minimum atomic E-state index is -3.60. The van der Waals surface area contributed by atoms with Crippen LogP contribution in [0.15, 0.2) is 39.8 Å². The van der Waals surface area contributed by atoms with E-state index >= 15 is 0 Å². The number of sulfonamides is 1. The van der Waals surface area contributed by atoms with Gasteiger partial charge >= 0.3 is 0 Å². The second kappa shape index (κ2) is 5.32. The summed E-state index contributed by atoms with van der Waals surface area (Å²) in [5.41, 5.74) is 6.73. The number of hydrogen-bond acceptors (Lipinski definition) is 4. The van der Waals surface area contributed by atoms with E-state index in [0.29, 0.717) is 15.9 Å². The topological polar surface area (TPSA) is 90.0 Å². The van der Waals surface area contributed by atoms with Crippen LogP contribution in [0.3, 0.4) is 0 Å². The summed E-state index contributed by atoms with van der Waals surface area (Å²) in [6.07, 6.45) is 1.75. The molecule has 0 saturated carbocycles. The van der Waals surface area contributed by atoms with E-state index in [-0.39, 0.29) is 11.4 Å². The van der Waals surface area contributed by atoms with E-state index in [4.69, 9.17) is 5.73 Å². The number of halogens is 1. The largest absolute Gasteiger partial charge is 0.399 e. The highest BCUT2D eigenvalue weighted by Crippen LogP contribution is 2.24. The van der Waals surface area contributed by atoms with Crippen molar-refractivity contribution in [3.05, 3.63) is 40.6 Å². The number of rotatable bonds is 4. The number of nitrogen functional groups attached to an aromatic ring is 1. The predicted octanol–water partition coefficient (Wildman–Crippen LogP) is 1.24. The van der Waals surface area contributed by atoms with Crippen molar-refractivity contribution in [2.75, 3.05) is 5.73 Å². The molecule has 0 aliphatic heterocycles. The zero-order valence-corrected chi connectivity index (χ0v) is 12.6. The molecule has 1 heterocycles. The molecule has 0 amide bonds. The Hall–Kier alpha value is -1.38. The summed E-state index contributed by atoms with van der Waals surface area (Å²) in [6.45, 7) is 0.139. The summed E-state index contributed by atoms with van der Waals surface area (Å²) in [5.74, 6) is 0. The van der Waals surface area contributed by atoms with Crippen molar-refractivity contribution in [2.24, 2.45) is 7.05 Å². The molecule has 1 aromatic carbocycles. The number of benzene rings is 1. The van der Waals surface area contributed by atoms with Gasteiger partial charge in [0.15, 0.2) is 0 Å². The fraction of sp³-hybridized carbons (Fsp3) is 0.182. The Morgan fingerprint density at radius 3 is 2.74 bits per heavy atom. The SMILES string of the molecule is Cn1ccc(CNS(=O)(=O)c2ccc(N)cc2Br)n1. The highest BCUT2D eigenvalue weighted by molar-refractivity contribution is 9.10. The van der Waals surface area contributed by atoms with Crippen LogP contribution in [0.5, 0.6) is 0 Å². The van der Waals surface area contributed by atoms with Crippen molar-refractivity contribution < 1.29 is 8.42 Å². The van der Waals surface area contributed by atoms with E-state index in [1.165, 1.54) is 6.07 Å². The number of nitrogens with one attached hydrogen (secondary N) is 1. The normalized spacial score (nSPS) is 11.7. The Morgan fingerprint density at radius 2 is 2.16 bits per heavy atom. The molecule has 0 atom stereocenters. The quantitative estimate of drug-likeness (QED) is 0.816. The van der Waals surface area contributed by atoms with Crippen LogP contribution in [0.1, 0.15) is 5.69 Å². The van der Waals surface area contributed by atoms with Crippen LogP contribution in [0.25, 0.3) is 0 Å². The lowest BCUT2D eigenvalue weighted by molar-refractivity contribution is 0.579. The highest BCUT2D eigenvalue weighted by atomic mass is 79.9. The average Bonchev–Trinajstić information content (AvgIpc) is 2.72. The van der Waals surface area contributed by atoms with Crippen LogP contribution < -0.4 is 10.5 Å². The van der Waals surface area contributed by atoms with Gasteiger partial charge in [-0.15, -0.1) is 0 Å². The number of anilines is 1. The molecule has 8 heteroatoms. The first-order valence-corrected chi connectivity index (χ1v) is 7.69. The monoisotopic (exact) mass is 344 g/mol. The van der Waals surface area contributed by atoms with Gasteiger partial charge in [-0.25, -0.2) is 13.1 Å². The van der Waals surface area contributed by atoms with Gasteiger partial charge in [-0.3, -0.25) is 4.68 Å². The second-order valence-electron chi connectivity index (χ2n) is 4.00. The van der Waals surface area contributed by atoms with E-state index in [2.05, 4.69) is 25.8 Å². The Bertz CT molecular complexity index is 696. The Balaban J connectivity index is 2.18. The fourth-order valence-electron chi connectivity index (χ4n) is 1.54. The van der Waals surface area contributed by atoms with Crippen LogP contribution in [-0.4, -0.2) is 18.2 Å². The molecule has 1 aromatic heterocycles. The molecule has 19 heavy (non-hydrogen) atoms. The van der Waals surface area contributed by atoms with E-state index in [1.807, 2.05) is 0 Å². The summed E-state index contributed by atoms with van der Waals surface area (Å²) in [7, 11) is -1.83. The lowest BCUT2D eigenvalue weighted by atomic mass is 10.3. The molecule has 2 rings (SSSR count). The summed E-state index contributed by atoms with van der Waals surface area (Å²) in [5, 5.41) is 4.10. The molecule has 3 N–H and O–H groups in total. The molecule has 0 spiro atoms. The molecule has 0 fully saturated rings. The fourth-order valence-corrected chi connectivity index (χ4v) is 3.63. The van der Waals surface area contributed by atoms with E-state index in [9.17, 15) is 8.42 Å². The Kier molecular flexibility index (Phi) is 3.93. The molecule has 0 bridgehead atoms. The molecular formula is C11H13BrN4O2S. The molecule has 0 aliphatic rings. The number of aromatic nitrogens is 2. The van der Waals surface area contributed by atoms with Crippen molar-refractivity contribution in [1.29, 1.82) is 0 Å². The second-order valence-corrected chi connectivity index (χ2v) is 6.58. The molecule has 0 unspecified atom stereocenters. The van der Waals surface area contributed by atoms with Crippen molar-refractivity contribution in [3.63, 3.8) is 0 Å². The van der Waals surface area contributed by atoms with Crippen LogP contribution in [0.2, 0.25) is 0 Å². The lowest BCUT2D eigenvalue weighted by Gasteiger charge is -2.08. The van der Waals surface area contributed by atoms with Gasteiger partial charge in [-0.05, 0) is 40.2 Å². The third-order valence-corrected chi connectivity index (χ3v) is 4.84. The molecule has 0 aliphatic carbocycles. The van der Waals surface area contributed by atoms with Crippen molar-refractivity contribution in [2.45, 2.75) is 11.4 Å². The molecular weight excluding hydrogens is 332 g/mol. The minimum Gasteiger partial charge on any atom is -0.399 e. The maximum Gasteiger partial charge on any atom is 0.242 e. The molecule has 0 saturated heterocycles. The van der Waals surface area contributed by atoms with Crippen LogP contribution >= 0.6 is 15.9 Å².